The number of nitrogen functional groups attached to an aromatic ring is 1. The molecule has 0 unspecified atom stereocenters. The lowest BCUT2D eigenvalue weighted by Crippen LogP contribution is -1.95. The van der Waals surface area contributed by atoms with Gasteiger partial charge in [0, 0.05) is 11.6 Å². The molecule has 0 radical (unpaired) electrons. The van der Waals surface area contributed by atoms with E-state index in [0.717, 1.165) is 0 Å². The molecule has 0 spiro atoms. The van der Waals surface area contributed by atoms with Crippen LogP contribution in [0.1, 0.15) is 11.1 Å². The number of aromatic hydroxyl groups is 1. The summed E-state index contributed by atoms with van der Waals surface area (Å²) in [4.78, 5) is 0. The molecule has 0 aliphatic heterocycles. The van der Waals surface area contributed by atoms with E-state index in [1.54, 1.807) is 13.8 Å². The molecule has 0 saturated carbocycles. The van der Waals surface area contributed by atoms with E-state index in [0.29, 0.717) is 33.2 Å². The molecule has 2 aromatic rings. The highest BCUT2D eigenvalue weighted by molar-refractivity contribution is 6.33. The number of methoxy groups -OCH3 is 1. The van der Waals surface area contributed by atoms with Crippen LogP contribution < -0.4 is 10.5 Å². The minimum atomic E-state index is -0.0230. The number of hydrogen-bond donors (Lipinski definition) is 2. The van der Waals surface area contributed by atoms with Crippen LogP contribution >= 0.6 is 11.6 Å². The van der Waals surface area contributed by atoms with Crippen LogP contribution in [0.15, 0.2) is 10.6 Å². The second-order valence-corrected chi connectivity index (χ2v) is 4.31. The lowest BCUT2D eigenvalue weighted by Gasteiger charge is -2.15. The standard InChI is InChI=1S/C12H13ClN2O3/c1-5-9(7-4-8(14)18-15-7)11(16)12(17-3)6(2)10(5)13/h4,16H,14H2,1-3H3. The van der Waals surface area contributed by atoms with E-state index in [2.05, 4.69) is 5.16 Å². The molecular formula is C12H13ClN2O3. The third-order valence-corrected chi connectivity index (χ3v) is 3.38. The Labute approximate surface area is 109 Å². The fraction of sp³-hybridized carbons (Fsp3) is 0.250. The van der Waals surface area contributed by atoms with Gasteiger partial charge in [0.05, 0.1) is 17.7 Å². The molecule has 0 bridgehead atoms. The van der Waals surface area contributed by atoms with Crippen LogP contribution in [0.25, 0.3) is 11.3 Å². The predicted octanol–water partition coefficient (Wildman–Crippen LogP) is 2.91. The number of phenolic OH excluding ortho intramolecular Hbond substituents is 1. The molecular weight excluding hydrogens is 256 g/mol. The Morgan fingerprint density at radius 2 is 2.06 bits per heavy atom. The van der Waals surface area contributed by atoms with Gasteiger partial charge in [-0.15, -0.1) is 0 Å². The summed E-state index contributed by atoms with van der Waals surface area (Å²) in [6, 6.07) is 1.52. The summed E-state index contributed by atoms with van der Waals surface area (Å²) < 4.78 is 9.96. The maximum absolute atomic E-state index is 10.2. The molecule has 0 fully saturated rings. The number of ether oxygens (including phenoxy) is 1. The summed E-state index contributed by atoms with van der Waals surface area (Å²) in [5.41, 5.74) is 7.73. The molecule has 5 nitrogen and oxygen atoms in total. The normalized spacial score (nSPS) is 10.7. The van der Waals surface area contributed by atoms with Crippen molar-refractivity contribution in [1.29, 1.82) is 0 Å². The van der Waals surface area contributed by atoms with Gasteiger partial charge < -0.3 is 20.1 Å². The minimum absolute atomic E-state index is 0.0230. The van der Waals surface area contributed by atoms with Gasteiger partial charge in [-0.05, 0) is 19.4 Å². The Morgan fingerprint density at radius 3 is 2.56 bits per heavy atom. The molecule has 0 aliphatic carbocycles. The first kappa shape index (κ1) is 12.6. The van der Waals surface area contributed by atoms with E-state index in [1.165, 1.54) is 13.2 Å². The van der Waals surface area contributed by atoms with Gasteiger partial charge in [-0.2, -0.15) is 0 Å². The summed E-state index contributed by atoms with van der Waals surface area (Å²) in [7, 11) is 1.47. The molecule has 18 heavy (non-hydrogen) atoms. The lowest BCUT2D eigenvalue weighted by molar-refractivity contribution is 0.371. The summed E-state index contributed by atoms with van der Waals surface area (Å²) in [6.07, 6.45) is 0. The van der Waals surface area contributed by atoms with Crippen molar-refractivity contribution >= 4 is 17.5 Å². The molecule has 0 atom stereocenters. The van der Waals surface area contributed by atoms with Crippen LogP contribution in [0, 0.1) is 13.8 Å². The molecule has 1 aromatic carbocycles. The number of rotatable bonds is 2. The molecule has 1 heterocycles. The Morgan fingerprint density at radius 1 is 1.39 bits per heavy atom. The predicted molar refractivity (Wildman–Crippen MR) is 69.1 cm³/mol. The maximum atomic E-state index is 10.2. The first-order valence-electron chi connectivity index (χ1n) is 5.25. The van der Waals surface area contributed by atoms with Crippen LogP contribution in [0.2, 0.25) is 5.02 Å². The Kier molecular flexibility index (Phi) is 3.09. The second kappa shape index (κ2) is 4.42. The van der Waals surface area contributed by atoms with Crippen molar-refractivity contribution in [2.75, 3.05) is 12.8 Å². The largest absolute Gasteiger partial charge is 0.504 e. The van der Waals surface area contributed by atoms with Crippen LogP contribution in [0.5, 0.6) is 11.5 Å². The zero-order valence-electron chi connectivity index (χ0n) is 10.2. The molecule has 2 rings (SSSR count). The Hall–Kier alpha value is -1.88. The highest BCUT2D eigenvalue weighted by Crippen LogP contribution is 2.45. The quantitative estimate of drug-likeness (QED) is 0.875. The van der Waals surface area contributed by atoms with Gasteiger partial charge in [-0.25, -0.2) is 0 Å². The zero-order chi connectivity index (χ0) is 13.4. The maximum Gasteiger partial charge on any atom is 0.222 e. The average molecular weight is 269 g/mol. The number of benzene rings is 1. The number of phenols is 1. The highest BCUT2D eigenvalue weighted by atomic mass is 35.5. The van der Waals surface area contributed by atoms with Crippen molar-refractivity contribution < 1.29 is 14.4 Å². The van der Waals surface area contributed by atoms with Crippen molar-refractivity contribution in [3.8, 4) is 22.8 Å². The van der Waals surface area contributed by atoms with E-state index in [4.69, 9.17) is 26.6 Å². The SMILES string of the molecule is COc1c(C)c(Cl)c(C)c(-c2cc(N)on2)c1O. The molecule has 0 aliphatic rings. The van der Waals surface area contributed by atoms with Crippen molar-refractivity contribution in [3.05, 3.63) is 22.2 Å². The number of nitrogens with zero attached hydrogens (tertiary/aromatic N) is 1. The van der Waals surface area contributed by atoms with Crippen molar-refractivity contribution in [3.63, 3.8) is 0 Å². The third-order valence-electron chi connectivity index (χ3n) is 2.81. The van der Waals surface area contributed by atoms with Gasteiger partial charge in [0.25, 0.3) is 0 Å². The van der Waals surface area contributed by atoms with E-state index in [-0.39, 0.29) is 11.6 Å². The summed E-state index contributed by atoms with van der Waals surface area (Å²) in [5, 5.41) is 14.5. The summed E-state index contributed by atoms with van der Waals surface area (Å²) in [5.74, 6) is 0.465. The zero-order valence-corrected chi connectivity index (χ0v) is 11.0. The monoisotopic (exact) mass is 268 g/mol. The van der Waals surface area contributed by atoms with Crippen LogP contribution in [-0.2, 0) is 0 Å². The summed E-state index contributed by atoms with van der Waals surface area (Å²) >= 11 is 6.21. The van der Waals surface area contributed by atoms with E-state index < -0.39 is 0 Å². The van der Waals surface area contributed by atoms with Gasteiger partial charge in [-0.1, -0.05) is 16.8 Å². The topological polar surface area (TPSA) is 81.5 Å². The molecule has 1 aromatic heterocycles. The second-order valence-electron chi connectivity index (χ2n) is 3.94. The number of aromatic nitrogens is 1. The van der Waals surface area contributed by atoms with Crippen molar-refractivity contribution in [2.24, 2.45) is 0 Å². The molecule has 6 heteroatoms. The van der Waals surface area contributed by atoms with Gasteiger partial charge in [0.15, 0.2) is 11.5 Å². The first-order valence-corrected chi connectivity index (χ1v) is 5.63. The smallest absolute Gasteiger partial charge is 0.222 e. The van der Waals surface area contributed by atoms with Gasteiger partial charge in [-0.3, -0.25) is 0 Å². The van der Waals surface area contributed by atoms with Gasteiger partial charge >= 0.3 is 0 Å². The Balaban J connectivity index is 2.78. The number of anilines is 1. The molecule has 0 saturated heterocycles. The molecule has 3 N–H and O–H groups in total. The third kappa shape index (κ3) is 1.76. The van der Waals surface area contributed by atoms with Crippen molar-refractivity contribution in [1.82, 2.24) is 5.16 Å². The molecule has 0 amide bonds. The lowest BCUT2D eigenvalue weighted by atomic mass is 10.00. The molecule has 96 valence electrons. The van der Waals surface area contributed by atoms with Crippen LogP contribution in [0.3, 0.4) is 0 Å². The van der Waals surface area contributed by atoms with Crippen LogP contribution in [-0.4, -0.2) is 17.4 Å². The van der Waals surface area contributed by atoms with Crippen LogP contribution in [0.4, 0.5) is 5.88 Å². The fourth-order valence-corrected chi connectivity index (χ4v) is 2.11. The Bertz CT molecular complexity index is 608. The van der Waals surface area contributed by atoms with Gasteiger partial charge in [0.2, 0.25) is 5.88 Å². The number of hydrogen-bond acceptors (Lipinski definition) is 5. The first-order chi connectivity index (χ1) is 8.47. The highest BCUT2D eigenvalue weighted by Gasteiger charge is 2.22. The van der Waals surface area contributed by atoms with Crippen molar-refractivity contribution in [2.45, 2.75) is 13.8 Å². The van der Waals surface area contributed by atoms with E-state index in [9.17, 15) is 5.11 Å². The van der Waals surface area contributed by atoms with Gasteiger partial charge in [0.1, 0.15) is 5.69 Å². The number of nitrogens with two attached hydrogens (primary N) is 1. The average Bonchev–Trinajstić information content (AvgIpc) is 2.74. The van der Waals surface area contributed by atoms with E-state index >= 15 is 0 Å². The fourth-order valence-electron chi connectivity index (χ4n) is 1.93. The summed E-state index contributed by atoms with van der Waals surface area (Å²) in [6.45, 7) is 3.56. The van der Waals surface area contributed by atoms with E-state index in [1.807, 2.05) is 0 Å². The number of halogens is 1. The minimum Gasteiger partial charge on any atom is -0.504 e.